The summed E-state index contributed by atoms with van der Waals surface area (Å²) in [7, 11) is 3.36. The Hall–Kier alpha value is -2.67. The molecule has 136 valence electrons. The van der Waals surface area contributed by atoms with Crippen LogP contribution in [0.25, 0.3) is 0 Å². The molecule has 0 radical (unpaired) electrons. The topological polar surface area (TPSA) is 67.9 Å². The smallest absolute Gasteiger partial charge is 0.255 e. The van der Waals surface area contributed by atoms with Crippen molar-refractivity contribution in [3.05, 3.63) is 48.0 Å². The van der Waals surface area contributed by atoms with E-state index in [1.165, 1.54) is 16.7 Å². The van der Waals surface area contributed by atoms with Crippen LogP contribution >= 0.6 is 11.8 Å². The van der Waals surface area contributed by atoms with E-state index in [1.807, 2.05) is 18.2 Å². The first-order valence-corrected chi connectivity index (χ1v) is 9.16. The number of carbonyl (C=O) groups is 2. The highest BCUT2D eigenvalue weighted by atomic mass is 32.2. The third kappa shape index (κ3) is 4.29. The van der Waals surface area contributed by atoms with Gasteiger partial charge in [-0.15, -0.1) is 11.8 Å². The van der Waals surface area contributed by atoms with Crippen molar-refractivity contribution in [1.82, 2.24) is 4.90 Å². The van der Waals surface area contributed by atoms with E-state index >= 15 is 0 Å². The largest absolute Gasteiger partial charge is 0.486 e. The zero-order valence-electron chi connectivity index (χ0n) is 14.7. The number of rotatable bonds is 5. The summed E-state index contributed by atoms with van der Waals surface area (Å²) in [5.41, 5.74) is 0.981. The second-order valence-corrected chi connectivity index (χ2v) is 6.94. The molecule has 0 unspecified atom stereocenters. The van der Waals surface area contributed by atoms with Gasteiger partial charge in [-0.2, -0.15) is 0 Å². The lowest BCUT2D eigenvalue weighted by atomic mass is 10.1. The summed E-state index contributed by atoms with van der Waals surface area (Å²) >= 11 is 1.40. The highest BCUT2D eigenvalue weighted by Crippen LogP contribution is 2.34. The van der Waals surface area contributed by atoms with Crippen LogP contribution in [0, 0.1) is 0 Å². The number of para-hydroxylation sites is 1. The van der Waals surface area contributed by atoms with Crippen molar-refractivity contribution < 1.29 is 19.1 Å². The van der Waals surface area contributed by atoms with Crippen LogP contribution in [-0.2, 0) is 4.79 Å². The van der Waals surface area contributed by atoms with E-state index in [1.54, 1.807) is 38.4 Å². The van der Waals surface area contributed by atoms with Crippen molar-refractivity contribution in [2.45, 2.75) is 4.90 Å². The third-order valence-electron chi connectivity index (χ3n) is 3.72. The minimum atomic E-state index is -0.177. The Kier molecular flexibility index (Phi) is 5.68. The molecule has 0 saturated carbocycles. The molecular weight excluding hydrogens is 352 g/mol. The summed E-state index contributed by atoms with van der Waals surface area (Å²) in [4.78, 5) is 26.9. The molecule has 0 fully saturated rings. The van der Waals surface area contributed by atoms with Crippen LogP contribution in [0.3, 0.4) is 0 Å². The van der Waals surface area contributed by atoms with Gasteiger partial charge >= 0.3 is 0 Å². The van der Waals surface area contributed by atoms with Gasteiger partial charge in [-0.1, -0.05) is 12.1 Å². The molecule has 2 amide bonds. The van der Waals surface area contributed by atoms with Gasteiger partial charge in [-0.05, 0) is 30.3 Å². The van der Waals surface area contributed by atoms with Crippen LogP contribution in [0.5, 0.6) is 11.5 Å². The van der Waals surface area contributed by atoms with Crippen molar-refractivity contribution in [3.8, 4) is 11.5 Å². The first kappa shape index (κ1) is 18.1. The number of fused-ring (bicyclic) bond motifs is 1. The molecule has 1 aliphatic rings. The van der Waals surface area contributed by atoms with Gasteiger partial charge in [0.25, 0.3) is 5.91 Å². The Morgan fingerprint density at radius 1 is 1.08 bits per heavy atom. The predicted octanol–water partition coefficient (Wildman–Crippen LogP) is 2.89. The van der Waals surface area contributed by atoms with E-state index in [0.29, 0.717) is 30.2 Å². The van der Waals surface area contributed by atoms with Crippen LogP contribution < -0.4 is 14.8 Å². The zero-order chi connectivity index (χ0) is 18.5. The molecule has 0 atom stereocenters. The molecule has 3 rings (SSSR count). The van der Waals surface area contributed by atoms with Crippen LogP contribution in [0.1, 0.15) is 10.4 Å². The summed E-state index contributed by atoms with van der Waals surface area (Å²) < 4.78 is 11.0. The number of thioether (sulfide) groups is 1. The maximum Gasteiger partial charge on any atom is 0.255 e. The first-order chi connectivity index (χ1) is 12.5. The van der Waals surface area contributed by atoms with Crippen LogP contribution in [0.15, 0.2) is 47.4 Å². The Labute approximate surface area is 156 Å². The van der Waals surface area contributed by atoms with Gasteiger partial charge in [-0.25, -0.2) is 0 Å². The molecule has 7 heteroatoms. The van der Waals surface area contributed by atoms with Crippen molar-refractivity contribution in [2.24, 2.45) is 0 Å². The van der Waals surface area contributed by atoms with E-state index in [0.717, 1.165) is 10.6 Å². The molecule has 1 N–H and O–H groups in total. The van der Waals surface area contributed by atoms with Crippen molar-refractivity contribution in [1.29, 1.82) is 0 Å². The Morgan fingerprint density at radius 3 is 2.58 bits per heavy atom. The van der Waals surface area contributed by atoms with Crippen molar-refractivity contribution >= 4 is 29.3 Å². The molecular formula is C19H20N2O4S. The second-order valence-electron chi connectivity index (χ2n) is 5.89. The molecule has 2 aromatic carbocycles. The van der Waals surface area contributed by atoms with Gasteiger partial charge in [0, 0.05) is 19.0 Å². The normalized spacial score (nSPS) is 12.4. The van der Waals surface area contributed by atoms with Gasteiger partial charge in [0.15, 0.2) is 11.5 Å². The minimum absolute atomic E-state index is 0.152. The van der Waals surface area contributed by atoms with Gasteiger partial charge in [0.1, 0.15) is 13.2 Å². The fraction of sp³-hybridized carbons (Fsp3) is 0.263. The number of amides is 2. The number of hydrogen-bond acceptors (Lipinski definition) is 5. The molecule has 0 aliphatic carbocycles. The number of benzene rings is 2. The predicted molar refractivity (Wildman–Crippen MR) is 101 cm³/mol. The highest BCUT2D eigenvalue weighted by molar-refractivity contribution is 8.00. The summed E-state index contributed by atoms with van der Waals surface area (Å²) in [6.45, 7) is 1.07. The Morgan fingerprint density at radius 2 is 1.81 bits per heavy atom. The van der Waals surface area contributed by atoms with Gasteiger partial charge in [0.2, 0.25) is 5.91 Å². The number of hydrogen-bond donors (Lipinski definition) is 1. The lowest BCUT2D eigenvalue weighted by Crippen LogP contribution is -2.24. The maximum absolute atomic E-state index is 12.3. The highest BCUT2D eigenvalue weighted by Gasteiger charge is 2.16. The SMILES string of the molecule is CN(C)C(=O)c1ccccc1NC(=O)CSc1ccc2c(c1)OCCO2. The second kappa shape index (κ2) is 8.14. The van der Waals surface area contributed by atoms with E-state index < -0.39 is 0 Å². The number of ether oxygens (including phenoxy) is 2. The van der Waals surface area contributed by atoms with Crippen molar-refractivity contribution in [2.75, 3.05) is 38.4 Å². The third-order valence-corrected chi connectivity index (χ3v) is 4.72. The van der Waals surface area contributed by atoms with E-state index in [9.17, 15) is 9.59 Å². The number of nitrogens with one attached hydrogen (secondary N) is 1. The Bertz CT molecular complexity index is 823. The summed E-state index contributed by atoms with van der Waals surface area (Å²) in [6.07, 6.45) is 0. The molecule has 0 saturated heterocycles. The molecule has 26 heavy (non-hydrogen) atoms. The number of anilines is 1. The van der Waals surface area contributed by atoms with Gasteiger partial charge in [0.05, 0.1) is 17.0 Å². The number of nitrogens with zero attached hydrogens (tertiary/aromatic N) is 1. The lowest BCUT2D eigenvalue weighted by molar-refractivity contribution is -0.113. The molecule has 0 aromatic heterocycles. The van der Waals surface area contributed by atoms with E-state index in [2.05, 4.69) is 5.32 Å². The van der Waals surface area contributed by atoms with Crippen LogP contribution in [0.4, 0.5) is 5.69 Å². The summed E-state index contributed by atoms with van der Waals surface area (Å²) in [5, 5.41) is 2.82. The average molecular weight is 372 g/mol. The average Bonchev–Trinajstić information content (AvgIpc) is 2.66. The van der Waals surface area contributed by atoms with Crippen LogP contribution in [0.2, 0.25) is 0 Å². The van der Waals surface area contributed by atoms with Crippen LogP contribution in [-0.4, -0.2) is 49.8 Å². The molecule has 2 aromatic rings. The fourth-order valence-corrected chi connectivity index (χ4v) is 3.19. The Balaban J connectivity index is 1.62. The van der Waals surface area contributed by atoms with Gasteiger partial charge < -0.3 is 19.7 Å². The molecule has 6 nitrogen and oxygen atoms in total. The molecule has 0 bridgehead atoms. The molecule has 1 heterocycles. The van der Waals surface area contributed by atoms with E-state index in [4.69, 9.17) is 9.47 Å². The first-order valence-electron chi connectivity index (χ1n) is 8.17. The van der Waals surface area contributed by atoms with Crippen molar-refractivity contribution in [3.63, 3.8) is 0 Å². The monoisotopic (exact) mass is 372 g/mol. The fourth-order valence-electron chi connectivity index (χ4n) is 2.47. The zero-order valence-corrected chi connectivity index (χ0v) is 15.5. The quantitative estimate of drug-likeness (QED) is 0.818. The summed E-state index contributed by atoms with van der Waals surface area (Å²) in [6, 6.07) is 12.6. The minimum Gasteiger partial charge on any atom is -0.486 e. The van der Waals surface area contributed by atoms with Gasteiger partial charge in [-0.3, -0.25) is 9.59 Å². The summed E-state index contributed by atoms with van der Waals surface area (Å²) in [5.74, 6) is 1.32. The molecule has 1 aliphatic heterocycles. The number of carbonyl (C=O) groups excluding carboxylic acids is 2. The standard InChI is InChI=1S/C19H20N2O4S/c1-21(2)19(23)14-5-3-4-6-15(14)20-18(22)12-26-13-7-8-16-17(11-13)25-10-9-24-16/h3-8,11H,9-10,12H2,1-2H3,(H,20,22). The lowest BCUT2D eigenvalue weighted by Gasteiger charge is -2.18. The van der Waals surface area contributed by atoms with E-state index in [-0.39, 0.29) is 17.6 Å². The molecule has 0 spiro atoms. The maximum atomic E-state index is 12.3.